The van der Waals surface area contributed by atoms with Crippen molar-refractivity contribution in [1.82, 2.24) is 0 Å². The normalized spacial score (nSPS) is 10.4. The summed E-state index contributed by atoms with van der Waals surface area (Å²) in [6.45, 7) is 0. The summed E-state index contributed by atoms with van der Waals surface area (Å²) >= 11 is 6.76. The first-order chi connectivity index (χ1) is 5.74. The van der Waals surface area contributed by atoms with E-state index in [4.69, 9.17) is 17.1 Å². The van der Waals surface area contributed by atoms with Gasteiger partial charge in [-0.15, -0.1) is 11.3 Å². The smallest absolute Gasteiger partial charge is 0.197 e. The summed E-state index contributed by atoms with van der Waals surface area (Å²) < 4.78 is 0.545. The quantitative estimate of drug-likeness (QED) is 0.332. The molecule has 0 radical (unpaired) electrons. The van der Waals surface area contributed by atoms with E-state index in [1.165, 1.54) is 5.22 Å². The van der Waals surface area contributed by atoms with E-state index in [-0.39, 0.29) is 5.78 Å². The molecule has 0 saturated heterocycles. The van der Waals surface area contributed by atoms with Gasteiger partial charge in [-0.25, -0.2) is 0 Å². The number of Topliss-reactive ketones (excluding diaryl/α,β-unsaturated/α-hetero) is 1. The first-order valence-corrected chi connectivity index (χ1v) is 4.15. The topological polar surface area (TPSA) is 65.7 Å². The minimum Gasteiger partial charge on any atom is -0.289 e. The highest BCUT2D eigenvalue weighted by Crippen LogP contribution is 2.21. The number of hydrogen-bond acceptors (Lipinski definition) is 2. The molecule has 4 nitrogen and oxygen atoms in total. The van der Waals surface area contributed by atoms with E-state index in [0.717, 1.165) is 17.6 Å². The summed E-state index contributed by atoms with van der Waals surface area (Å²) in [4.78, 5) is 11.6. The van der Waals surface area contributed by atoms with E-state index in [1.807, 2.05) is 0 Å². The van der Waals surface area contributed by atoms with Crippen molar-refractivity contribution in [3.63, 3.8) is 0 Å². The number of carbonyl (C=O) groups excluding carboxylic acids is 1. The van der Waals surface area contributed by atoms with Crippen LogP contribution in [-0.4, -0.2) is 12.0 Å². The lowest BCUT2D eigenvalue weighted by atomic mass is 10.3. The Morgan fingerprint density at radius 1 is 1.75 bits per heavy atom. The minimum atomic E-state index is -0.298. The lowest BCUT2D eigenvalue weighted by molar-refractivity contribution is -0.485. The number of carbonyl (C=O) groups is 1. The average Bonchev–Trinajstić information content (AvgIpc) is 2.47. The van der Waals surface area contributed by atoms with Gasteiger partial charge in [-0.3, -0.25) is 4.79 Å². The molecule has 0 saturated carbocycles. The van der Waals surface area contributed by atoms with E-state index in [0.29, 0.717) is 9.21 Å². The summed E-state index contributed by atoms with van der Waals surface area (Å²) in [5, 5.41) is 4.65. The number of thiophene rings is 1. The molecule has 1 aromatic heterocycles. The molecule has 0 unspecified atom stereocenters. The second-order valence-electron chi connectivity index (χ2n) is 1.83. The van der Waals surface area contributed by atoms with Crippen molar-refractivity contribution in [3.05, 3.63) is 26.9 Å². The van der Waals surface area contributed by atoms with Gasteiger partial charge in [0.15, 0.2) is 5.78 Å². The van der Waals surface area contributed by atoms with Crippen LogP contribution in [0.15, 0.2) is 17.2 Å². The third-order valence-corrected chi connectivity index (χ3v) is 2.30. The van der Waals surface area contributed by atoms with Crippen molar-refractivity contribution in [2.24, 2.45) is 5.10 Å². The number of hydrogen-bond donors (Lipinski definition) is 1. The van der Waals surface area contributed by atoms with Crippen molar-refractivity contribution in [2.75, 3.05) is 0 Å². The lowest BCUT2D eigenvalue weighted by Gasteiger charge is -1.85. The highest BCUT2D eigenvalue weighted by Gasteiger charge is 2.03. The maximum Gasteiger partial charge on any atom is 0.197 e. The molecule has 1 heterocycles. The number of hydrazone groups is 1. The van der Waals surface area contributed by atoms with Gasteiger partial charge in [-0.2, -0.15) is 15.9 Å². The summed E-state index contributed by atoms with van der Waals surface area (Å²) in [6, 6.07) is 3.22. The van der Waals surface area contributed by atoms with E-state index < -0.39 is 0 Å². The van der Waals surface area contributed by atoms with E-state index >= 15 is 0 Å². The lowest BCUT2D eigenvalue weighted by Crippen LogP contribution is -2.54. The highest BCUT2D eigenvalue weighted by atomic mass is 35.5. The molecule has 0 aliphatic rings. The second kappa shape index (κ2) is 4.08. The maximum atomic E-state index is 11.1. The number of ketones is 1. The molecule has 0 aromatic carbocycles. The van der Waals surface area contributed by atoms with Crippen LogP contribution in [0, 0.1) is 0 Å². The molecule has 62 valence electrons. The molecule has 12 heavy (non-hydrogen) atoms. The van der Waals surface area contributed by atoms with Crippen LogP contribution in [0.2, 0.25) is 4.34 Å². The first kappa shape index (κ1) is 9.02. The van der Waals surface area contributed by atoms with E-state index in [1.54, 1.807) is 12.1 Å². The Hall–Kier alpha value is -1.07. The van der Waals surface area contributed by atoms with Gasteiger partial charge in [-0.05, 0) is 12.1 Å². The van der Waals surface area contributed by atoms with Crippen molar-refractivity contribution < 1.29 is 10.0 Å². The largest absolute Gasteiger partial charge is 0.289 e. The molecule has 1 N–H and O–H groups in total. The molecular formula is C6H4ClN3OS. The molecule has 0 aliphatic heterocycles. The molecule has 6 heteroatoms. The zero-order chi connectivity index (χ0) is 8.97. The Morgan fingerprint density at radius 2 is 2.50 bits per heavy atom. The van der Waals surface area contributed by atoms with Crippen LogP contribution in [0.25, 0.3) is 5.53 Å². The van der Waals surface area contributed by atoms with Gasteiger partial charge < -0.3 is 0 Å². The van der Waals surface area contributed by atoms with Gasteiger partial charge >= 0.3 is 0 Å². The Balaban J connectivity index is 2.78. The summed E-state index contributed by atoms with van der Waals surface area (Å²) in [5.74, 6) is -0.298. The fourth-order valence-electron chi connectivity index (χ4n) is 0.598. The van der Waals surface area contributed by atoms with Crippen LogP contribution in [0.4, 0.5) is 0 Å². The monoisotopic (exact) mass is 201 g/mol. The molecular weight excluding hydrogens is 198 g/mol. The van der Waals surface area contributed by atoms with Crippen LogP contribution in [0.3, 0.4) is 0 Å². The molecule has 0 fully saturated rings. The third kappa shape index (κ3) is 2.21. The molecule has 0 bridgehead atoms. The number of rotatable bonds is 3. The number of halogens is 1. The molecule has 0 aliphatic carbocycles. The zero-order valence-electron chi connectivity index (χ0n) is 5.82. The van der Waals surface area contributed by atoms with Gasteiger partial charge in [0.05, 0.1) is 9.21 Å². The van der Waals surface area contributed by atoms with Crippen molar-refractivity contribution in [2.45, 2.75) is 0 Å². The summed E-state index contributed by atoms with van der Waals surface area (Å²) in [7, 11) is 0. The van der Waals surface area contributed by atoms with Crippen molar-refractivity contribution in [3.8, 4) is 0 Å². The predicted molar refractivity (Wildman–Crippen MR) is 46.5 cm³/mol. The molecule has 0 atom stereocenters. The van der Waals surface area contributed by atoms with Crippen LogP contribution in [0.1, 0.15) is 9.67 Å². The molecule has 1 aromatic rings. The van der Waals surface area contributed by atoms with Gasteiger partial charge in [0, 0.05) is 6.21 Å². The number of nitrogens with one attached hydrogen (secondary N) is 1. The molecule has 0 spiro atoms. The third-order valence-electron chi connectivity index (χ3n) is 1.06. The van der Waals surface area contributed by atoms with Crippen LogP contribution >= 0.6 is 22.9 Å². The Kier molecular flexibility index (Phi) is 3.07. The highest BCUT2D eigenvalue weighted by molar-refractivity contribution is 7.18. The SMILES string of the molecule is [N-]=[NH+]N=CC(=O)c1ccc(Cl)s1. The Bertz CT molecular complexity index is 333. The average molecular weight is 202 g/mol. The number of nitrogens with zero attached hydrogens (tertiary/aromatic N) is 2. The molecule has 1 rings (SSSR count). The van der Waals surface area contributed by atoms with Crippen LogP contribution in [-0.2, 0) is 0 Å². The zero-order valence-corrected chi connectivity index (χ0v) is 7.39. The standard InChI is InChI=1S/C6H4ClN3OS/c7-6-2-1-5(12-6)4(11)3-9-10-8/h1-3,10H. The van der Waals surface area contributed by atoms with E-state index in [9.17, 15) is 4.79 Å². The fraction of sp³-hybridized carbons (Fsp3) is 0. The summed E-state index contributed by atoms with van der Waals surface area (Å²) in [5.41, 5.74) is 8.04. The second-order valence-corrected chi connectivity index (χ2v) is 3.54. The van der Waals surface area contributed by atoms with Crippen molar-refractivity contribution >= 4 is 34.9 Å². The molecule has 0 amide bonds. The van der Waals surface area contributed by atoms with E-state index in [2.05, 4.69) is 5.10 Å². The van der Waals surface area contributed by atoms with Crippen LogP contribution < -0.4 is 5.22 Å². The summed E-state index contributed by atoms with van der Waals surface area (Å²) in [6.07, 6.45) is 0.974. The first-order valence-electron chi connectivity index (χ1n) is 2.96. The Morgan fingerprint density at radius 3 is 3.00 bits per heavy atom. The van der Waals surface area contributed by atoms with Crippen molar-refractivity contribution in [1.29, 1.82) is 0 Å². The van der Waals surface area contributed by atoms with Crippen LogP contribution in [0.5, 0.6) is 0 Å². The fourth-order valence-corrected chi connectivity index (χ4v) is 1.55. The minimum absolute atomic E-state index is 0.298. The van der Waals surface area contributed by atoms with Gasteiger partial charge in [0.2, 0.25) is 0 Å². The maximum absolute atomic E-state index is 11.1. The van der Waals surface area contributed by atoms with Gasteiger partial charge in [0.1, 0.15) is 0 Å². The Labute approximate surface area is 77.4 Å². The predicted octanol–water partition coefficient (Wildman–Crippen LogP) is 0.672. The van der Waals surface area contributed by atoms with Gasteiger partial charge in [0.25, 0.3) is 0 Å². The van der Waals surface area contributed by atoms with Gasteiger partial charge in [-0.1, -0.05) is 11.6 Å².